The minimum Gasteiger partial charge on any atom is -0.456 e. The Balaban J connectivity index is 1.11. The molecule has 0 saturated carbocycles. The van der Waals surface area contributed by atoms with Crippen LogP contribution in [0.5, 0.6) is 0 Å². The van der Waals surface area contributed by atoms with E-state index in [9.17, 15) is 4.11 Å². The molecule has 3 aromatic heterocycles. The summed E-state index contributed by atoms with van der Waals surface area (Å²) in [6, 6.07) is 41.4. The van der Waals surface area contributed by atoms with Gasteiger partial charge in [-0.05, 0) is 88.9 Å². The summed E-state index contributed by atoms with van der Waals surface area (Å²) in [5.41, 5.74) is 7.74. The Morgan fingerprint density at radius 1 is 0.412 bits per heavy atom. The molecule has 0 unspecified atom stereocenters. The number of aromatic nitrogens is 2. The topological polar surface area (TPSA) is 23.0 Å². The first-order valence-corrected chi connectivity index (χ1v) is 16.8. The van der Waals surface area contributed by atoms with E-state index in [1.54, 1.807) is 12.1 Å². The summed E-state index contributed by atoms with van der Waals surface area (Å²) in [5.74, 6) is 0. The quantitative estimate of drug-likeness (QED) is 0.185. The van der Waals surface area contributed by atoms with Gasteiger partial charge < -0.3 is 13.6 Å². The van der Waals surface area contributed by atoms with Crippen LogP contribution in [0.25, 0.3) is 99.2 Å². The van der Waals surface area contributed by atoms with Gasteiger partial charge >= 0.3 is 0 Å². The van der Waals surface area contributed by atoms with Crippen LogP contribution in [0.15, 0.2) is 186 Å². The highest BCUT2D eigenvalue weighted by atomic mass is 16.3. The summed E-state index contributed by atoms with van der Waals surface area (Å²) in [6.45, 7) is 0. The Bertz CT molecular complexity index is 3570. The maximum absolute atomic E-state index is 9.65. The molecular weight excluding hydrogens is 621 g/mol. The molecule has 3 heteroatoms. The third-order valence-corrected chi connectivity index (χ3v) is 9.91. The van der Waals surface area contributed by atoms with Crippen molar-refractivity contribution in [1.82, 2.24) is 9.13 Å². The lowest BCUT2D eigenvalue weighted by atomic mass is 9.99. The smallest absolute Gasteiger partial charge is 0.137 e. The normalized spacial score (nSPS) is 14.1. The van der Waals surface area contributed by atoms with Gasteiger partial charge in [0.05, 0.1) is 33.0 Å². The van der Waals surface area contributed by atoms with Crippen molar-refractivity contribution in [1.29, 1.82) is 0 Å². The fraction of sp³-hybridized carbons (Fsp3) is 0. The van der Waals surface area contributed by atoms with E-state index in [0.29, 0.717) is 44.1 Å². The van der Waals surface area contributed by atoms with Crippen molar-refractivity contribution in [2.45, 2.75) is 0 Å². The van der Waals surface area contributed by atoms with Crippen LogP contribution < -0.4 is 0 Å². The van der Waals surface area contributed by atoms with Crippen LogP contribution in [0.2, 0.25) is 0 Å². The third-order valence-electron chi connectivity index (χ3n) is 9.91. The zero-order valence-corrected chi connectivity index (χ0v) is 27.0. The predicted molar refractivity (Wildman–Crippen MR) is 213 cm³/mol. The van der Waals surface area contributed by atoms with Gasteiger partial charge in [-0.2, -0.15) is 0 Å². The molecule has 11 aromatic rings. The first kappa shape index (κ1) is 21.3. The fourth-order valence-electron chi connectivity index (χ4n) is 7.71. The average molecular weight is 659 g/mol. The number of furan rings is 1. The molecule has 0 aliphatic carbocycles. The molecular formula is C48H30N2O. The lowest BCUT2D eigenvalue weighted by Gasteiger charge is -2.09. The van der Waals surface area contributed by atoms with Gasteiger partial charge in [-0.25, -0.2) is 0 Å². The Morgan fingerprint density at radius 3 is 1.96 bits per heavy atom. The van der Waals surface area contributed by atoms with E-state index >= 15 is 0 Å². The van der Waals surface area contributed by atoms with E-state index in [1.165, 1.54) is 0 Å². The maximum atomic E-state index is 9.65. The van der Waals surface area contributed by atoms with Gasteiger partial charge in [-0.15, -0.1) is 0 Å². The van der Waals surface area contributed by atoms with Crippen molar-refractivity contribution >= 4 is 65.6 Å². The number of fused-ring (bicyclic) bond motifs is 9. The zero-order chi connectivity index (χ0) is 40.4. The summed E-state index contributed by atoms with van der Waals surface area (Å²) in [7, 11) is 0. The predicted octanol–water partition coefficient (Wildman–Crippen LogP) is 13.1. The van der Waals surface area contributed by atoms with Gasteiger partial charge in [0.1, 0.15) is 11.2 Å². The Labute approximate surface area is 305 Å². The second-order valence-corrected chi connectivity index (χ2v) is 12.7. The van der Waals surface area contributed by atoms with Crippen molar-refractivity contribution in [3.63, 3.8) is 0 Å². The summed E-state index contributed by atoms with van der Waals surface area (Å²) in [5, 5.41) is 4.79. The Hall–Kier alpha value is -6.84. The molecule has 3 nitrogen and oxygen atoms in total. The molecule has 11 rings (SSSR count). The monoisotopic (exact) mass is 658 g/mol. The fourth-order valence-corrected chi connectivity index (χ4v) is 7.71. The van der Waals surface area contributed by atoms with Gasteiger partial charge in [0.25, 0.3) is 0 Å². The van der Waals surface area contributed by atoms with Gasteiger partial charge in [-0.1, -0.05) is 109 Å². The van der Waals surface area contributed by atoms with E-state index in [1.807, 2.05) is 120 Å². The highest BCUT2D eigenvalue weighted by molar-refractivity contribution is 6.15. The van der Waals surface area contributed by atoms with E-state index in [0.717, 1.165) is 49.5 Å². The SMILES string of the molecule is [2H]c1c([2H])c([2H])c(-c2cccc3oc4cc(-n5c6ccccc6c6cc(-c7c([2H])c([2H])c8c(c7[2H])c7ccccc7n8-c7ccccc7)ccc65)ccc4c23)c([2H])c1[2H]. The minimum atomic E-state index is -0.439. The molecule has 0 atom stereocenters. The molecule has 0 aliphatic rings. The maximum Gasteiger partial charge on any atom is 0.137 e. The van der Waals surface area contributed by atoms with Gasteiger partial charge in [0.15, 0.2) is 0 Å². The average Bonchev–Trinajstić information content (AvgIpc) is 3.92. The number of rotatable bonds is 4. The second kappa shape index (κ2) is 10.8. The molecule has 0 N–H and O–H groups in total. The summed E-state index contributed by atoms with van der Waals surface area (Å²) in [6.07, 6.45) is 0. The van der Waals surface area contributed by atoms with E-state index < -0.39 is 18.1 Å². The number of para-hydroxylation sites is 3. The van der Waals surface area contributed by atoms with Crippen LogP contribution in [0.4, 0.5) is 0 Å². The number of hydrogen-bond donors (Lipinski definition) is 0. The van der Waals surface area contributed by atoms with Crippen molar-refractivity contribution in [3.8, 4) is 33.6 Å². The summed E-state index contributed by atoms with van der Waals surface area (Å²) < 4.78 is 80.9. The molecule has 0 spiro atoms. The van der Waals surface area contributed by atoms with Crippen LogP contribution in [0, 0.1) is 0 Å². The molecule has 0 fully saturated rings. The molecule has 0 saturated heterocycles. The third kappa shape index (κ3) is 4.19. The highest BCUT2D eigenvalue weighted by Gasteiger charge is 2.18. The molecule has 8 aromatic carbocycles. The zero-order valence-electron chi connectivity index (χ0n) is 35.0. The molecule has 0 bridgehead atoms. The van der Waals surface area contributed by atoms with Crippen LogP contribution in [0.1, 0.15) is 11.0 Å². The van der Waals surface area contributed by atoms with Gasteiger partial charge in [0, 0.05) is 49.8 Å². The van der Waals surface area contributed by atoms with Crippen LogP contribution >= 0.6 is 0 Å². The number of hydrogen-bond acceptors (Lipinski definition) is 1. The lowest BCUT2D eigenvalue weighted by Crippen LogP contribution is -1.93. The largest absolute Gasteiger partial charge is 0.456 e. The second-order valence-electron chi connectivity index (χ2n) is 12.7. The lowest BCUT2D eigenvalue weighted by molar-refractivity contribution is 0.668. The molecule has 0 aliphatic heterocycles. The minimum absolute atomic E-state index is 0.0103. The Morgan fingerprint density at radius 2 is 1.14 bits per heavy atom. The molecule has 0 radical (unpaired) electrons. The van der Waals surface area contributed by atoms with E-state index in [-0.39, 0.29) is 35.8 Å². The van der Waals surface area contributed by atoms with Gasteiger partial charge in [0.2, 0.25) is 0 Å². The van der Waals surface area contributed by atoms with Crippen LogP contribution in [-0.4, -0.2) is 9.13 Å². The van der Waals surface area contributed by atoms with Gasteiger partial charge in [-0.3, -0.25) is 0 Å². The molecule has 0 amide bonds. The summed E-state index contributed by atoms with van der Waals surface area (Å²) in [4.78, 5) is 0. The van der Waals surface area contributed by atoms with Crippen LogP contribution in [0.3, 0.4) is 0 Å². The van der Waals surface area contributed by atoms with Crippen LogP contribution in [-0.2, 0) is 0 Å². The van der Waals surface area contributed by atoms with Crippen molar-refractivity contribution in [2.24, 2.45) is 0 Å². The number of benzene rings is 8. The van der Waals surface area contributed by atoms with Crippen molar-refractivity contribution in [3.05, 3.63) is 182 Å². The molecule has 3 heterocycles. The van der Waals surface area contributed by atoms with E-state index in [2.05, 4.69) is 10.6 Å². The highest BCUT2D eigenvalue weighted by Crippen LogP contribution is 2.41. The molecule has 51 heavy (non-hydrogen) atoms. The van der Waals surface area contributed by atoms with E-state index in [4.69, 9.17) is 11.3 Å². The summed E-state index contributed by atoms with van der Waals surface area (Å²) >= 11 is 0. The standard InChI is InChI=1S/C48H30N2O/c1-3-12-31(13-4-1)36-18-11-21-46-48(36)39-25-24-35(30-47(39)51-46)50-43-20-10-8-17-38(43)41-29-33(23-27-45(41)50)32-22-26-44-40(28-32)37-16-7-9-19-42(37)49(44)34-14-5-2-6-15-34/h1-30H/i1D,3D,4D,12D,13D,22D,26D,28D. The first-order chi connectivity index (χ1) is 28.6. The van der Waals surface area contributed by atoms with Crippen molar-refractivity contribution in [2.75, 3.05) is 0 Å². The Kier molecular flexibility index (Phi) is 4.52. The molecule has 238 valence electrons. The van der Waals surface area contributed by atoms with Crippen molar-refractivity contribution < 1.29 is 15.4 Å². The number of nitrogens with zero attached hydrogens (tertiary/aromatic N) is 2. The first-order valence-electron chi connectivity index (χ1n) is 20.8.